The highest BCUT2D eigenvalue weighted by molar-refractivity contribution is 6.35. The summed E-state index contributed by atoms with van der Waals surface area (Å²) < 4.78 is 22.2. The predicted octanol–water partition coefficient (Wildman–Crippen LogP) is 6.21. The Bertz CT molecular complexity index is 1330. The molecule has 0 aliphatic carbocycles. The van der Waals surface area contributed by atoms with Crippen molar-refractivity contribution in [1.29, 1.82) is 5.26 Å². The van der Waals surface area contributed by atoms with Gasteiger partial charge in [0.15, 0.2) is 11.5 Å². The first-order valence-corrected chi connectivity index (χ1v) is 12.1. The van der Waals surface area contributed by atoms with E-state index in [0.717, 1.165) is 11.1 Å². The minimum Gasteiger partial charge on any atom is -0.497 e. The Morgan fingerprint density at radius 1 is 0.946 bits per heavy atom. The van der Waals surface area contributed by atoms with Gasteiger partial charge in [0.25, 0.3) is 5.91 Å². The number of methoxy groups -OCH3 is 2. The van der Waals surface area contributed by atoms with Gasteiger partial charge in [0.1, 0.15) is 29.7 Å². The highest BCUT2D eigenvalue weighted by Crippen LogP contribution is 2.31. The van der Waals surface area contributed by atoms with E-state index in [1.165, 1.54) is 13.2 Å². The van der Waals surface area contributed by atoms with Gasteiger partial charge in [0.2, 0.25) is 0 Å². The van der Waals surface area contributed by atoms with E-state index in [2.05, 4.69) is 5.32 Å². The molecule has 0 aliphatic heterocycles. The number of hydrogen-bond donors (Lipinski definition) is 1. The van der Waals surface area contributed by atoms with Crippen molar-refractivity contribution >= 4 is 35.2 Å². The molecule has 3 aromatic carbocycles. The summed E-state index contributed by atoms with van der Waals surface area (Å²) in [5.74, 6) is 1.66. The Morgan fingerprint density at radius 2 is 1.73 bits per heavy atom. The topological polar surface area (TPSA) is 89.8 Å². The number of nitriles is 1. The fourth-order valence-electron chi connectivity index (χ4n) is 3.38. The molecular weight excluding hydrogens is 515 g/mol. The lowest BCUT2D eigenvalue weighted by atomic mass is 10.1. The molecule has 3 rings (SSSR count). The van der Waals surface area contributed by atoms with E-state index >= 15 is 0 Å². The zero-order valence-electron chi connectivity index (χ0n) is 20.6. The van der Waals surface area contributed by atoms with Crippen molar-refractivity contribution in [2.45, 2.75) is 20.1 Å². The molecule has 1 N–H and O–H groups in total. The number of nitrogens with one attached hydrogen (secondary N) is 1. The molecule has 0 aliphatic rings. The molecule has 0 unspecified atom stereocenters. The van der Waals surface area contributed by atoms with Crippen molar-refractivity contribution in [1.82, 2.24) is 5.32 Å². The summed E-state index contributed by atoms with van der Waals surface area (Å²) in [6.07, 6.45) is 1.49. The monoisotopic (exact) mass is 540 g/mol. The van der Waals surface area contributed by atoms with Gasteiger partial charge in [-0.3, -0.25) is 4.79 Å². The van der Waals surface area contributed by atoms with Gasteiger partial charge in [0, 0.05) is 33.8 Å². The fourth-order valence-corrected chi connectivity index (χ4v) is 3.84. The van der Waals surface area contributed by atoms with Crippen molar-refractivity contribution in [2.75, 3.05) is 20.8 Å². The number of ether oxygens (including phenoxy) is 4. The summed E-state index contributed by atoms with van der Waals surface area (Å²) in [6, 6.07) is 17.6. The molecule has 0 spiro atoms. The van der Waals surface area contributed by atoms with Gasteiger partial charge in [-0.2, -0.15) is 5.26 Å². The molecule has 0 aromatic heterocycles. The summed E-state index contributed by atoms with van der Waals surface area (Å²) in [5.41, 5.74) is 2.06. The lowest BCUT2D eigenvalue weighted by Gasteiger charge is -2.14. The maximum absolute atomic E-state index is 12.7. The van der Waals surface area contributed by atoms with Crippen molar-refractivity contribution in [2.24, 2.45) is 0 Å². The zero-order chi connectivity index (χ0) is 26.8. The van der Waals surface area contributed by atoms with Crippen LogP contribution in [-0.4, -0.2) is 26.7 Å². The molecule has 192 valence electrons. The Morgan fingerprint density at radius 3 is 2.41 bits per heavy atom. The normalized spacial score (nSPS) is 10.9. The molecule has 1 amide bonds. The fraction of sp³-hybridized carbons (Fsp3) is 0.214. The largest absolute Gasteiger partial charge is 0.497 e. The molecule has 0 radical (unpaired) electrons. The molecule has 0 heterocycles. The molecule has 0 saturated heterocycles. The number of rotatable bonds is 11. The Hall–Kier alpha value is -3.86. The van der Waals surface area contributed by atoms with Crippen LogP contribution in [0.4, 0.5) is 0 Å². The molecule has 0 fully saturated rings. The van der Waals surface area contributed by atoms with Gasteiger partial charge in [0.05, 0.1) is 20.8 Å². The van der Waals surface area contributed by atoms with Gasteiger partial charge >= 0.3 is 0 Å². The van der Waals surface area contributed by atoms with Crippen molar-refractivity contribution in [3.05, 3.63) is 86.9 Å². The Balaban J connectivity index is 1.74. The van der Waals surface area contributed by atoms with E-state index in [1.807, 2.05) is 13.0 Å². The average molecular weight is 541 g/mol. The minimum atomic E-state index is -0.518. The molecule has 0 bridgehead atoms. The van der Waals surface area contributed by atoms with Crippen molar-refractivity contribution in [3.63, 3.8) is 0 Å². The molecule has 37 heavy (non-hydrogen) atoms. The van der Waals surface area contributed by atoms with E-state index in [0.29, 0.717) is 45.2 Å². The van der Waals surface area contributed by atoms with Crippen LogP contribution in [0.15, 0.2) is 60.2 Å². The van der Waals surface area contributed by atoms with Crippen molar-refractivity contribution < 1.29 is 23.7 Å². The highest BCUT2D eigenvalue weighted by Gasteiger charge is 2.13. The summed E-state index contributed by atoms with van der Waals surface area (Å²) in [4.78, 5) is 12.7. The van der Waals surface area contributed by atoms with Gasteiger partial charge in [-0.1, -0.05) is 35.3 Å². The summed E-state index contributed by atoms with van der Waals surface area (Å²) >= 11 is 12.2. The van der Waals surface area contributed by atoms with Gasteiger partial charge in [-0.25, -0.2) is 0 Å². The van der Waals surface area contributed by atoms with Gasteiger partial charge < -0.3 is 24.3 Å². The quantitative estimate of drug-likeness (QED) is 0.229. The average Bonchev–Trinajstić information content (AvgIpc) is 2.90. The third-order valence-electron chi connectivity index (χ3n) is 5.28. The third kappa shape index (κ3) is 7.56. The van der Waals surface area contributed by atoms with E-state index in [-0.39, 0.29) is 18.7 Å². The Kier molecular flexibility index (Phi) is 10.1. The maximum atomic E-state index is 12.7. The maximum Gasteiger partial charge on any atom is 0.262 e. The van der Waals surface area contributed by atoms with Gasteiger partial charge in [-0.05, 0) is 55.0 Å². The van der Waals surface area contributed by atoms with Crippen LogP contribution in [0.5, 0.6) is 23.0 Å². The summed E-state index contributed by atoms with van der Waals surface area (Å²) in [5, 5.41) is 13.4. The lowest BCUT2D eigenvalue weighted by Crippen LogP contribution is -2.24. The van der Waals surface area contributed by atoms with Crippen LogP contribution in [0.3, 0.4) is 0 Å². The lowest BCUT2D eigenvalue weighted by molar-refractivity contribution is -0.117. The molecular formula is C28H26Cl2N2O5. The number of halogens is 2. The van der Waals surface area contributed by atoms with Crippen LogP contribution in [0, 0.1) is 11.3 Å². The summed E-state index contributed by atoms with van der Waals surface area (Å²) in [6.45, 7) is 2.64. The van der Waals surface area contributed by atoms with E-state index in [1.54, 1.807) is 61.7 Å². The second-order valence-corrected chi connectivity index (χ2v) is 8.54. The van der Waals surface area contributed by atoms with Crippen LogP contribution in [-0.2, 0) is 17.9 Å². The number of carbonyl (C=O) groups is 1. The molecule has 3 aromatic rings. The molecule has 0 saturated carbocycles. The van der Waals surface area contributed by atoms with Crippen LogP contribution in [0.25, 0.3) is 6.08 Å². The number of benzene rings is 3. The first-order valence-electron chi connectivity index (χ1n) is 11.3. The zero-order valence-corrected chi connectivity index (χ0v) is 22.2. The van der Waals surface area contributed by atoms with Crippen LogP contribution >= 0.6 is 23.2 Å². The van der Waals surface area contributed by atoms with Crippen LogP contribution < -0.4 is 24.3 Å². The second-order valence-electron chi connectivity index (χ2n) is 7.69. The molecule has 9 heteroatoms. The smallest absolute Gasteiger partial charge is 0.262 e. The molecule has 0 atom stereocenters. The van der Waals surface area contributed by atoms with Gasteiger partial charge in [-0.15, -0.1) is 0 Å². The number of amides is 1. The first-order chi connectivity index (χ1) is 17.9. The SMILES string of the molecule is CCOc1cc(/C=C(\C#N)C(=O)NCc2ccc(OC)cc2OC)ccc1OCc1ccc(Cl)cc1Cl. The molecule has 7 nitrogen and oxygen atoms in total. The number of carbonyl (C=O) groups excluding carboxylic acids is 1. The predicted molar refractivity (Wildman–Crippen MR) is 143 cm³/mol. The number of nitrogens with zero attached hydrogens (tertiary/aromatic N) is 1. The highest BCUT2D eigenvalue weighted by atomic mass is 35.5. The third-order valence-corrected chi connectivity index (χ3v) is 5.86. The second kappa shape index (κ2) is 13.4. The van der Waals surface area contributed by atoms with Crippen LogP contribution in [0.1, 0.15) is 23.6 Å². The minimum absolute atomic E-state index is 0.0588. The number of hydrogen-bond acceptors (Lipinski definition) is 6. The van der Waals surface area contributed by atoms with E-state index < -0.39 is 5.91 Å². The van der Waals surface area contributed by atoms with Crippen molar-refractivity contribution in [3.8, 4) is 29.1 Å². The standard InChI is InChI=1S/C28H26Cl2N2O5/c1-4-36-27-12-18(5-10-25(27)37-17-20-6-8-22(29)13-24(20)30)11-21(15-31)28(33)32-16-19-7-9-23(34-2)14-26(19)35-3/h5-14H,4,16-17H2,1-3H3,(H,32,33)/b21-11+. The Labute approximate surface area is 226 Å². The van der Waals surface area contributed by atoms with Crippen LogP contribution in [0.2, 0.25) is 10.0 Å². The van der Waals surface area contributed by atoms with E-state index in [9.17, 15) is 10.1 Å². The summed E-state index contributed by atoms with van der Waals surface area (Å²) in [7, 11) is 3.10. The first kappa shape index (κ1) is 27.7. The van der Waals surface area contributed by atoms with E-state index in [4.69, 9.17) is 42.1 Å².